The number of ether oxygens (including phenoxy) is 1. The average Bonchev–Trinajstić information content (AvgIpc) is 3.11. The SMILES string of the molecule is COc1cc(N2C[C@@H]3CN4CCCC[C@H]4[C@H]3C2)ccc1[N+](=O)[O-]. The van der Waals surface area contributed by atoms with Crippen molar-refractivity contribution in [2.75, 3.05) is 38.2 Å². The summed E-state index contributed by atoms with van der Waals surface area (Å²) in [5.74, 6) is 1.83. The lowest BCUT2D eigenvalue weighted by atomic mass is 9.90. The predicted octanol–water partition coefficient (Wildman–Crippen LogP) is 2.52. The summed E-state index contributed by atoms with van der Waals surface area (Å²) in [6, 6.07) is 5.99. The first kappa shape index (κ1) is 14.8. The Balaban J connectivity index is 1.53. The second-order valence-corrected chi connectivity index (χ2v) is 7.00. The number of nitro groups is 1. The van der Waals surface area contributed by atoms with Crippen LogP contribution in [-0.2, 0) is 0 Å². The third-order valence-corrected chi connectivity index (χ3v) is 5.84. The highest BCUT2D eigenvalue weighted by Crippen LogP contribution is 2.42. The van der Waals surface area contributed by atoms with E-state index in [0.29, 0.717) is 5.75 Å². The molecule has 0 bridgehead atoms. The Morgan fingerprint density at radius 3 is 2.91 bits per heavy atom. The normalized spacial score (nSPS) is 30.1. The van der Waals surface area contributed by atoms with Gasteiger partial charge in [-0.25, -0.2) is 0 Å². The van der Waals surface area contributed by atoms with Crippen molar-refractivity contribution >= 4 is 11.4 Å². The largest absolute Gasteiger partial charge is 0.490 e. The second-order valence-electron chi connectivity index (χ2n) is 7.00. The van der Waals surface area contributed by atoms with E-state index >= 15 is 0 Å². The molecule has 0 unspecified atom stereocenters. The molecule has 1 aromatic rings. The van der Waals surface area contributed by atoms with E-state index in [1.54, 1.807) is 6.07 Å². The molecule has 0 saturated carbocycles. The first-order valence-electron chi connectivity index (χ1n) is 8.49. The fraction of sp³-hybridized carbons (Fsp3) is 0.647. The average molecular weight is 317 g/mol. The summed E-state index contributed by atoms with van der Waals surface area (Å²) < 4.78 is 5.21. The molecule has 0 aliphatic carbocycles. The summed E-state index contributed by atoms with van der Waals surface area (Å²) in [6.45, 7) is 4.60. The molecule has 3 fully saturated rings. The molecule has 3 aliphatic heterocycles. The second kappa shape index (κ2) is 5.67. The van der Waals surface area contributed by atoms with Crippen LogP contribution in [0.5, 0.6) is 5.75 Å². The van der Waals surface area contributed by atoms with Gasteiger partial charge < -0.3 is 9.64 Å². The molecular formula is C17H23N3O3. The molecule has 0 aromatic heterocycles. The molecule has 4 rings (SSSR count). The molecule has 3 heterocycles. The third kappa shape index (κ3) is 2.45. The summed E-state index contributed by atoms with van der Waals surface area (Å²) in [5, 5.41) is 11.0. The topological polar surface area (TPSA) is 58.8 Å². The summed E-state index contributed by atoms with van der Waals surface area (Å²) in [5.41, 5.74) is 1.08. The van der Waals surface area contributed by atoms with Crippen molar-refractivity contribution in [3.05, 3.63) is 28.3 Å². The van der Waals surface area contributed by atoms with E-state index in [-0.39, 0.29) is 10.6 Å². The van der Waals surface area contributed by atoms with Gasteiger partial charge in [-0.15, -0.1) is 0 Å². The van der Waals surface area contributed by atoms with Crippen molar-refractivity contribution < 1.29 is 9.66 Å². The fourth-order valence-corrected chi connectivity index (χ4v) is 4.78. The Morgan fingerprint density at radius 1 is 1.26 bits per heavy atom. The number of hydrogen-bond acceptors (Lipinski definition) is 5. The van der Waals surface area contributed by atoms with Gasteiger partial charge in [-0.1, -0.05) is 6.42 Å². The van der Waals surface area contributed by atoms with Crippen LogP contribution in [0.15, 0.2) is 18.2 Å². The van der Waals surface area contributed by atoms with E-state index in [2.05, 4.69) is 9.80 Å². The minimum atomic E-state index is -0.388. The molecule has 1 aromatic carbocycles. The molecule has 3 aliphatic rings. The zero-order valence-corrected chi connectivity index (χ0v) is 13.5. The number of nitrogens with zero attached hydrogens (tertiary/aromatic N) is 3. The molecule has 0 radical (unpaired) electrons. The monoisotopic (exact) mass is 317 g/mol. The van der Waals surface area contributed by atoms with Crippen molar-refractivity contribution in [1.82, 2.24) is 4.90 Å². The van der Waals surface area contributed by atoms with Crippen LogP contribution < -0.4 is 9.64 Å². The highest BCUT2D eigenvalue weighted by molar-refractivity contribution is 5.60. The molecule has 0 amide bonds. The molecule has 6 nitrogen and oxygen atoms in total. The molecular weight excluding hydrogens is 294 g/mol. The smallest absolute Gasteiger partial charge is 0.311 e. The summed E-state index contributed by atoms with van der Waals surface area (Å²) in [7, 11) is 1.49. The maximum atomic E-state index is 11.0. The molecule has 0 N–H and O–H groups in total. The first-order valence-corrected chi connectivity index (χ1v) is 8.49. The van der Waals surface area contributed by atoms with Crippen LogP contribution in [0, 0.1) is 22.0 Å². The summed E-state index contributed by atoms with van der Waals surface area (Å²) in [6.07, 6.45) is 4.04. The fourth-order valence-electron chi connectivity index (χ4n) is 4.78. The van der Waals surface area contributed by atoms with Crippen molar-refractivity contribution in [2.45, 2.75) is 25.3 Å². The van der Waals surface area contributed by atoms with Gasteiger partial charge in [0.25, 0.3) is 0 Å². The zero-order valence-electron chi connectivity index (χ0n) is 13.5. The molecule has 3 atom stereocenters. The van der Waals surface area contributed by atoms with Gasteiger partial charge in [-0.2, -0.15) is 0 Å². The van der Waals surface area contributed by atoms with E-state index in [9.17, 15) is 10.1 Å². The van der Waals surface area contributed by atoms with E-state index in [4.69, 9.17) is 4.74 Å². The van der Waals surface area contributed by atoms with E-state index in [1.807, 2.05) is 12.1 Å². The Hall–Kier alpha value is -1.82. The number of fused-ring (bicyclic) bond motifs is 3. The zero-order chi connectivity index (χ0) is 16.0. The van der Waals surface area contributed by atoms with Gasteiger partial charge in [0.05, 0.1) is 12.0 Å². The Kier molecular flexibility index (Phi) is 3.64. The number of rotatable bonds is 3. The van der Waals surface area contributed by atoms with Gasteiger partial charge in [-0.05, 0) is 37.3 Å². The number of piperidine rings is 1. The number of nitro benzene ring substituents is 1. The van der Waals surface area contributed by atoms with E-state index in [1.165, 1.54) is 39.5 Å². The highest BCUT2D eigenvalue weighted by Gasteiger charge is 2.47. The quantitative estimate of drug-likeness (QED) is 0.633. The molecule has 3 saturated heterocycles. The van der Waals surface area contributed by atoms with Gasteiger partial charge in [0.1, 0.15) is 0 Å². The number of hydrogen-bond donors (Lipinski definition) is 0. The number of methoxy groups -OCH3 is 1. The van der Waals surface area contributed by atoms with Gasteiger partial charge in [0.2, 0.25) is 0 Å². The summed E-state index contributed by atoms with van der Waals surface area (Å²) in [4.78, 5) is 15.7. The van der Waals surface area contributed by atoms with Crippen LogP contribution in [-0.4, -0.2) is 49.2 Å². The van der Waals surface area contributed by atoms with Gasteiger partial charge in [0.15, 0.2) is 5.75 Å². The Bertz CT molecular complexity index is 621. The minimum absolute atomic E-state index is 0.0362. The maximum Gasteiger partial charge on any atom is 0.311 e. The molecule has 124 valence electrons. The highest BCUT2D eigenvalue weighted by atomic mass is 16.6. The van der Waals surface area contributed by atoms with Crippen molar-refractivity contribution in [3.63, 3.8) is 0 Å². The van der Waals surface area contributed by atoms with Gasteiger partial charge in [-0.3, -0.25) is 15.0 Å². The third-order valence-electron chi connectivity index (χ3n) is 5.84. The van der Waals surface area contributed by atoms with Crippen molar-refractivity contribution in [1.29, 1.82) is 0 Å². The predicted molar refractivity (Wildman–Crippen MR) is 88.1 cm³/mol. The summed E-state index contributed by atoms with van der Waals surface area (Å²) >= 11 is 0. The van der Waals surface area contributed by atoms with Gasteiger partial charge in [0, 0.05) is 43.5 Å². The van der Waals surface area contributed by atoms with E-state index in [0.717, 1.165) is 36.7 Å². The van der Waals surface area contributed by atoms with Crippen LogP contribution in [0.2, 0.25) is 0 Å². The van der Waals surface area contributed by atoms with Gasteiger partial charge >= 0.3 is 5.69 Å². The molecule has 0 spiro atoms. The standard InChI is InChI=1S/C17H23N3O3/c1-23-17-8-13(5-6-16(17)20(21)22)19-10-12-9-18-7-3-2-4-15(18)14(12)11-19/h5-6,8,12,14-15H,2-4,7,9-11H2,1H3/t12-,14-,15-/m0/s1. The van der Waals surface area contributed by atoms with Crippen molar-refractivity contribution in [2.24, 2.45) is 11.8 Å². The lowest BCUT2D eigenvalue weighted by Gasteiger charge is -2.33. The van der Waals surface area contributed by atoms with Crippen LogP contribution in [0.1, 0.15) is 19.3 Å². The van der Waals surface area contributed by atoms with Crippen LogP contribution in [0.25, 0.3) is 0 Å². The lowest BCUT2D eigenvalue weighted by molar-refractivity contribution is -0.385. The minimum Gasteiger partial charge on any atom is -0.490 e. The molecule has 23 heavy (non-hydrogen) atoms. The lowest BCUT2D eigenvalue weighted by Crippen LogP contribution is -2.39. The Morgan fingerprint density at radius 2 is 2.13 bits per heavy atom. The van der Waals surface area contributed by atoms with Crippen LogP contribution in [0.4, 0.5) is 11.4 Å². The van der Waals surface area contributed by atoms with E-state index < -0.39 is 0 Å². The molecule has 6 heteroatoms. The van der Waals surface area contributed by atoms with Crippen LogP contribution >= 0.6 is 0 Å². The Labute approximate surface area is 136 Å². The number of benzene rings is 1. The first-order chi connectivity index (χ1) is 11.2. The maximum absolute atomic E-state index is 11.0. The number of anilines is 1. The van der Waals surface area contributed by atoms with Crippen LogP contribution in [0.3, 0.4) is 0 Å². The van der Waals surface area contributed by atoms with Crippen molar-refractivity contribution in [3.8, 4) is 5.75 Å².